The van der Waals surface area contributed by atoms with Gasteiger partial charge in [-0.3, -0.25) is 14.4 Å². The first-order chi connectivity index (χ1) is 44.9. The van der Waals surface area contributed by atoms with Gasteiger partial charge < -0.3 is 59.7 Å². The van der Waals surface area contributed by atoms with Crippen molar-refractivity contribution in [2.45, 2.75) is 152 Å². The average Bonchev–Trinajstić information content (AvgIpc) is 3.03. The molecule has 93 heavy (non-hydrogen) atoms. The van der Waals surface area contributed by atoms with Crippen LogP contribution in [0.15, 0.2) is 146 Å². The third kappa shape index (κ3) is 30.6. The summed E-state index contributed by atoms with van der Waals surface area (Å²) in [6, 6.07) is 42.8. The lowest BCUT2D eigenvalue weighted by molar-refractivity contribution is -0.124. The predicted molar refractivity (Wildman–Crippen MR) is 369 cm³/mol. The van der Waals surface area contributed by atoms with Gasteiger partial charge in [-0.25, -0.2) is 0 Å². The lowest BCUT2D eigenvalue weighted by Crippen LogP contribution is -2.40. The standard InChI is InChI=1S/3C24H29Cl2NO4/c3*25-18-4-11-22(12-5-18)30-15-21(28)10-3-17-1-8-20(9-2-17)27-24(29)16-31-23-13-6-19(26)7-14-23/h3*4-7,11-14,17,20-21,28H,1-3,8-10,15-16H2,(H,27,29)/t2*17?,20?,21-;/m10./s1. The van der Waals surface area contributed by atoms with Crippen LogP contribution in [0.4, 0.5) is 0 Å². The molecule has 0 spiro atoms. The Morgan fingerprint density at radius 1 is 0.312 bits per heavy atom. The largest absolute Gasteiger partial charge is 0.491 e. The number of carbonyl (C=O) groups excluding carboxylic acids is 3. The molecule has 0 bridgehead atoms. The van der Waals surface area contributed by atoms with Gasteiger partial charge in [-0.05, 0) is 279 Å². The Kier molecular flexibility index (Phi) is 33.0. The maximum atomic E-state index is 12.1. The zero-order valence-electron chi connectivity index (χ0n) is 52.3. The number of rotatable bonds is 30. The number of aliphatic hydroxyl groups excluding tert-OH is 3. The summed E-state index contributed by atoms with van der Waals surface area (Å²) >= 11 is 35.1. The Hall–Kier alpha value is -5.85. The summed E-state index contributed by atoms with van der Waals surface area (Å²) in [7, 11) is 0. The smallest absolute Gasteiger partial charge is 0.258 e. The quantitative estimate of drug-likeness (QED) is 0.0249. The summed E-state index contributed by atoms with van der Waals surface area (Å²) in [5, 5.41) is 43.7. The summed E-state index contributed by atoms with van der Waals surface area (Å²) in [6.07, 6.45) is 15.6. The predicted octanol–water partition coefficient (Wildman–Crippen LogP) is 15.8. The van der Waals surface area contributed by atoms with Crippen molar-refractivity contribution in [3.63, 3.8) is 0 Å². The molecule has 1 unspecified atom stereocenters. The van der Waals surface area contributed by atoms with Crippen molar-refractivity contribution in [1.82, 2.24) is 16.0 Å². The second kappa shape index (κ2) is 41.2. The number of aliphatic hydroxyl groups is 3. The number of hydrogen-bond acceptors (Lipinski definition) is 12. The molecule has 21 heteroatoms. The van der Waals surface area contributed by atoms with E-state index in [9.17, 15) is 29.7 Å². The Bertz CT molecular complexity index is 2750. The van der Waals surface area contributed by atoms with E-state index in [2.05, 4.69) is 16.0 Å². The topological polar surface area (TPSA) is 203 Å². The van der Waals surface area contributed by atoms with Gasteiger partial charge >= 0.3 is 0 Å². The van der Waals surface area contributed by atoms with Crippen LogP contribution in [0, 0.1) is 17.8 Å². The zero-order chi connectivity index (χ0) is 66.2. The molecule has 3 saturated carbocycles. The van der Waals surface area contributed by atoms with Crippen LogP contribution in [-0.4, -0.2) is 109 Å². The molecule has 3 amide bonds. The Morgan fingerprint density at radius 2 is 0.495 bits per heavy atom. The first-order valence-corrected chi connectivity index (χ1v) is 34.4. The molecule has 6 aromatic rings. The molecule has 0 aliphatic heterocycles. The molecular weight excluding hydrogens is 1310 g/mol. The molecule has 6 aromatic carbocycles. The van der Waals surface area contributed by atoms with Gasteiger partial charge in [-0.15, -0.1) is 0 Å². The first-order valence-electron chi connectivity index (χ1n) is 32.2. The Labute approximate surface area is 577 Å². The van der Waals surface area contributed by atoms with Gasteiger partial charge in [0.1, 0.15) is 54.3 Å². The van der Waals surface area contributed by atoms with Gasteiger partial charge in [0.05, 0.1) is 18.3 Å². The van der Waals surface area contributed by atoms with Gasteiger partial charge in [-0.2, -0.15) is 0 Å². The highest BCUT2D eigenvalue weighted by Crippen LogP contribution is 2.32. The summed E-state index contributed by atoms with van der Waals surface area (Å²) < 4.78 is 33.3. The van der Waals surface area contributed by atoms with Crippen LogP contribution in [0.3, 0.4) is 0 Å². The summed E-state index contributed by atoms with van der Waals surface area (Å²) in [5.41, 5.74) is 0. The van der Waals surface area contributed by atoms with E-state index < -0.39 is 18.3 Å². The lowest BCUT2D eigenvalue weighted by Gasteiger charge is -2.29. The van der Waals surface area contributed by atoms with Gasteiger partial charge in [-0.1, -0.05) is 69.6 Å². The van der Waals surface area contributed by atoms with Gasteiger partial charge in [0, 0.05) is 48.3 Å². The van der Waals surface area contributed by atoms with Crippen molar-refractivity contribution in [1.29, 1.82) is 0 Å². The molecule has 3 aliphatic carbocycles. The fourth-order valence-electron chi connectivity index (χ4n) is 11.3. The van der Waals surface area contributed by atoms with Crippen LogP contribution < -0.4 is 44.4 Å². The molecule has 0 aromatic heterocycles. The van der Waals surface area contributed by atoms with Crippen LogP contribution in [0.2, 0.25) is 30.1 Å². The number of benzene rings is 6. The minimum atomic E-state index is -0.488. The van der Waals surface area contributed by atoms with Crippen molar-refractivity contribution >= 4 is 87.3 Å². The van der Waals surface area contributed by atoms with Crippen LogP contribution in [0.25, 0.3) is 0 Å². The van der Waals surface area contributed by atoms with Crippen LogP contribution >= 0.6 is 69.6 Å². The SMILES string of the molecule is O=C(COc1ccc(Cl)cc1)NC1CCC(CCC(O)COc2ccc(Cl)cc2)CC1.O=C(COc1ccc(Cl)cc1)NC1CCC(CC[C@@H](O)COc2ccc(Cl)cc2)CC1.O=C(COc1ccc(Cl)cc1)NC1CCC(CC[C@H](O)COc2ccc(Cl)cc2)CC1. The van der Waals surface area contributed by atoms with Gasteiger partial charge in [0.15, 0.2) is 19.8 Å². The summed E-state index contributed by atoms with van der Waals surface area (Å²) in [5.74, 6) is 5.41. The van der Waals surface area contributed by atoms with Crippen molar-refractivity contribution in [2.75, 3.05) is 39.6 Å². The van der Waals surface area contributed by atoms with Crippen LogP contribution in [0.5, 0.6) is 34.5 Å². The second-order valence-corrected chi connectivity index (χ2v) is 26.7. The molecule has 0 saturated heterocycles. The van der Waals surface area contributed by atoms with Crippen molar-refractivity contribution in [3.8, 4) is 34.5 Å². The van der Waals surface area contributed by atoms with E-state index in [1.807, 2.05) is 0 Å². The van der Waals surface area contributed by atoms with Crippen molar-refractivity contribution in [2.24, 2.45) is 17.8 Å². The van der Waals surface area contributed by atoms with E-state index in [1.165, 1.54) is 0 Å². The molecular formula is C72H87Cl6N3O12. The van der Waals surface area contributed by atoms with E-state index in [0.29, 0.717) is 102 Å². The van der Waals surface area contributed by atoms with Gasteiger partial charge in [0.25, 0.3) is 17.7 Å². The highest BCUT2D eigenvalue weighted by atomic mass is 35.5. The normalized spacial score (nSPS) is 19.5. The number of hydrogen-bond donors (Lipinski definition) is 6. The third-order valence-corrected chi connectivity index (χ3v) is 18.2. The zero-order valence-corrected chi connectivity index (χ0v) is 56.8. The highest BCUT2D eigenvalue weighted by molar-refractivity contribution is 6.32. The Morgan fingerprint density at radius 3 is 0.688 bits per heavy atom. The maximum Gasteiger partial charge on any atom is 0.258 e. The van der Waals surface area contributed by atoms with Gasteiger partial charge in [0.2, 0.25) is 0 Å². The highest BCUT2D eigenvalue weighted by Gasteiger charge is 2.26. The number of nitrogens with one attached hydrogen (secondary N) is 3. The molecule has 15 nitrogen and oxygen atoms in total. The molecule has 3 fully saturated rings. The molecule has 6 N–H and O–H groups in total. The van der Waals surface area contributed by atoms with Crippen LogP contribution in [-0.2, 0) is 14.4 Å². The second-order valence-electron chi connectivity index (χ2n) is 24.1. The van der Waals surface area contributed by atoms with E-state index in [-0.39, 0.29) is 75.5 Å². The number of halogens is 6. The van der Waals surface area contributed by atoms with Crippen molar-refractivity contribution in [3.05, 3.63) is 176 Å². The third-order valence-electron chi connectivity index (χ3n) is 16.7. The number of carbonyl (C=O) groups is 3. The molecule has 9 rings (SSSR count). The molecule has 3 atom stereocenters. The molecule has 0 heterocycles. The number of ether oxygens (including phenoxy) is 6. The monoisotopic (exact) mass is 1400 g/mol. The Balaban J connectivity index is 0.000000198. The average molecular weight is 1400 g/mol. The fourth-order valence-corrected chi connectivity index (χ4v) is 12.1. The maximum absolute atomic E-state index is 12.1. The number of amides is 3. The minimum Gasteiger partial charge on any atom is -0.491 e. The van der Waals surface area contributed by atoms with E-state index in [4.69, 9.17) is 98.0 Å². The van der Waals surface area contributed by atoms with Crippen LogP contribution in [0.1, 0.15) is 116 Å². The first kappa shape index (κ1) is 74.5. The fraction of sp³-hybridized carbons (Fsp3) is 0.458. The van der Waals surface area contributed by atoms with E-state index in [0.717, 1.165) is 96.3 Å². The summed E-state index contributed by atoms with van der Waals surface area (Å²) in [6.45, 7) is 0.839. The molecule has 504 valence electrons. The summed E-state index contributed by atoms with van der Waals surface area (Å²) in [4.78, 5) is 36.4. The lowest BCUT2D eigenvalue weighted by atomic mass is 9.83. The van der Waals surface area contributed by atoms with Crippen molar-refractivity contribution < 1.29 is 58.1 Å². The molecule has 0 radical (unpaired) electrons. The molecule has 3 aliphatic rings. The van der Waals surface area contributed by atoms with E-state index >= 15 is 0 Å². The minimum absolute atomic E-state index is 0.00136. The van der Waals surface area contributed by atoms with E-state index in [1.54, 1.807) is 146 Å².